The van der Waals surface area contributed by atoms with E-state index in [4.69, 9.17) is 16.2 Å². The summed E-state index contributed by atoms with van der Waals surface area (Å²) in [6.07, 6.45) is 1.85. The van der Waals surface area contributed by atoms with Crippen LogP contribution in [-0.4, -0.2) is 47.4 Å². The van der Waals surface area contributed by atoms with Crippen molar-refractivity contribution in [3.05, 3.63) is 40.9 Å². The molecule has 1 aromatic heterocycles. The summed E-state index contributed by atoms with van der Waals surface area (Å²) < 4.78 is 9.41. The summed E-state index contributed by atoms with van der Waals surface area (Å²) in [5, 5.41) is 2.84. The van der Waals surface area contributed by atoms with Crippen molar-refractivity contribution in [2.75, 3.05) is 23.8 Å². The van der Waals surface area contributed by atoms with Gasteiger partial charge in [0.2, 0.25) is 5.91 Å². The van der Waals surface area contributed by atoms with Gasteiger partial charge >= 0.3 is 0 Å². The molecule has 0 spiro atoms. The predicted octanol–water partition coefficient (Wildman–Crippen LogP) is 1.15. The second kappa shape index (κ2) is 9.01. The van der Waals surface area contributed by atoms with E-state index >= 15 is 0 Å². The molecule has 0 unspecified atom stereocenters. The number of hydrogen-bond acceptors (Lipinski definition) is 7. The number of nitrogens with two attached hydrogens (primary N) is 2. The predicted molar refractivity (Wildman–Crippen MR) is 110 cm³/mol. The second-order valence-corrected chi connectivity index (χ2v) is 7.48. The molecule has 1 aromatic carbocycles. The van der Waals surface area contributed by atoms with Gasteiger partial charge in [-0.15, -0.1) is 0 Å². The molecule has 3 amide bonds. The Hall–Kier alpha value is -2.98. The minimum Gasteiger partial charge on any atom is -0.395 e. The van der Waals surface area contributed by atoms with Crippen molar-refractivity contribution in [2.24, 2.45) is 5.73 Å². The third-order valence-electron chi connectivity index (χ3n) is 4.70. The fraction of sp³-hybridized carbons (Fsp3) is 0.368. The van der Waals surface area contributed by atoms with Gasteiger partial charge in [0.1, 0.15) is 10.9 Å². The number of anilines is 2. The molecule has 10 heteroatoms. The van der Waals surface area contributed by atoms with E-state index in [2.05, 4.69) is 9.69 Å². The normalized spacial score (nSPS) is 16.9. The van der Waals surface area contributed by atoms with Gasteiger partial charge in [0.25, 0.3) is 11.8 Å². The second-order valence-electron chi connectivity index (χ2n) is 6.71. The number of nitrogens with one attached hydrogen (secondary N) is 1. The molecule has 1 saturated heterocycles. The summed E-state index contributed by atoms with van der Waals surface area (Å²) in [5.41, 5.74) is 11.5. The van der Waals surface area contributed by atoms with Gasteiger partial charge in [-0.2, -0.15) is 4.37 Å². The van der Waals surface area contributed by atoms with E-state index in [0.29, 0.717) is 18.8 Å². The zero-order chi connectivity index (χ0) is 21.0. The van der Waals surface area contributed by atoms with E-state index in [1.807, 2.05) is 0 Å². The lowest BCUT2D eigenvalue weighted by Crippen LogP contribution is -2.49. The van der Waals surface area contributed by atoms with Crippen molar-refractivity contribution in [1.29, 1.82) is 0 Å². The molecule has 5 N–H and O–H groups in total. The Morgan fingerprint density at radius 2 is 2.07 bits per heavy atom. The lowest BCUT2D eigenvalue weighted by atomic mass is 10.1. The lowest BCUT2D eigenvalue weighted by Gasteiger charge is -2.28. The van der Waals surface area contributed by atoms with E-state index < -0.39 is 17.9 Å². The molecule has 2 aromatic rings. The third kappa shape index (κ3) is 4.54. The Balaban J connectivity index is 1.85. The van der Waals surface area contributed by atoms with Gasteiger partial charge in [0, 0.05) is 18.8 Å². The van der Waals surface area contributed by atoms with Crippen LogP contribution in [0.3, 0.4) is 0 Å². The number of nitrogen functional groups attached to an aromatic ring is 1. The molecule has 0 saturated carbocycles. The van der Waals surface area contributed by atoms with E-state index in [-0.39, 0.29) is 28.3 Å². The molecule has 2 atom stereocenters. The van der Waals surface area contributed by atoms with Crippen LogP contribution >= 0.6 is 11.5 Å². The van der Waals surface area contributed by atoms with Crippen molar-refractivity contribution in [1.82, 2.24) is 9.69 Å². The summed E-state index contributed by atoms with van der Waals surface area (Å²) in [4.78, 5) is 38.9. The van der Waals surface area contributed by atoms with Gasteiger partial charge in [-0.3, -0.25) is 19.3 Å². The van der Waals surface area contributed by atoms with Crippen molar-refractivity contribution in [3.8, 4) is 0 Å². The highest BCUT2D eigenvalue weighted by atomic mass is 32.1. The van der Waals surface area contributed by atoms with Crippen LogP contribution in [0.5, 0.6) is 0 Å². The molecule has 1 aliphatic rings. The lowest BCUT2D eigenvalue weighted by molar-refractivity contribution is -0.122. The first kappa shape index (κ1) is 20.7. The zero-order valence-corrected chi connectivity index (χ0v) is 16.8. The minimum atomic E-state index is -0.829. The molecule has 1 fully saturated rings. The highest BCUT2D eigenvalue weighted by Gasteiger charge is 2.32. The smallest absolute Gasteiger partial charge is 0.272 e. The Kier molecular flexibility index (Phi) is 6.45. The maximum atomic E-state index is 13.3. The highest BCUT2D eigenvalue weighted by Crippen LogP contribution is 2.27. The van der Waals surface area contributed by atoms with Gasteiger partial charge in [0.05, 0.1) is 11.8 Å². The van der Waals surface area contributed by atoms with Crippen molar-refractivity contribution in [2.45, 2.75) is 31.9 Å². The minimum absolute atomic E-state index is 0.0118. The van der Waals surface area contributed by atoms with Crippen LogP contribution in [0, 0.1) is 0 Å². The molecule has 1 aliphatic heterocycles. The summed E-state index contributed by atoms with van der Waals surface area (Å²) in [6.45, 7) is 2.70. The number of primary amides is 1. The van der Waals surface area contributed by atoms with Crippen LogP contribution in [-0.2, 0) is 9.53 Å². The molecule has 154 valence electrons. The van der Waals surface area contributed by atoms with Crippen LogP contribution < -0.4 is 21.7 Å². The SMILES string of the molecule is C[C@H](C(=O)NC[C@@H]1CCCO1)N(C(=O)c1snc(C(N)=O)c1N)c1ccccc1. The number of ether oxygens (including phenoxy) is 1. The molecule has 0 radical (unpaired) electrons. The summed E-state index contributed by atoms with van der Waals surface area (Å²) >= 11 is 0.780. The first-order valence-corrected chi connectivity index (χ1v) is 10.00. The monoisotopic (exact) mass is 417 g/mol. The Morgan fingerprint density at radius 3 is 2.66 bits per heavy atom. The van der Waals surface area contributed by atoms with E-state index in [9.17, 15) is 14.4 Å². The fourth-order valence-corrected chi connectivity index (χ4v) is 3.87. The maximum absolute atomic E-state index is 13.3. The summed E-state index contributed by atoms with van der Waals surface area (Å²) in [7, 11) is 0. The van der Waals surface area contributed by atoms with Crippen LogP contribution in [0.25, 0.3) is 0 Å². The number of carbonyl (C=O) groups excluding carboxylic acids is 3. The van der Waals surface area contributed by atoms with Crippen molar-refractivity contribution < 1.29 is 19.1 Å². The standard InChI is InChI=1S/C19H23N5O4S/c1-11(18(26)22-10-13-8-5-9-28-13)24(12-6-3-2-4-7-12)19(27)16-14(20)15(17(21)25)23-29-16/h2-4,6-7,11,13H,5,8-10,20H2,1H3,(H2,21,25)(H,22,26)/t11-,13+/m1/s1. The fourth-order valence-electron chi connectivity index (χ4n) is 3.13. The Bertz CT molecular complexity index is 895. The summed E-state index contributed by atoms with van der Waals surface area (Å²) in [5.74, 6) is -1.67. The van der Waals surface area contributed by atoms with E-state index in [1.54, 1.807) is 37.3 Å². The van der Waals surface area contributed by atoms with Gasteiger partial charge in [-0.1, -0.05) is 18.2 Å². The summed E-state index contributed by atoms with van der Waals surface area (Å²) in [6, 6.07) is 7.93. The molecule has 3 rings (SSSR count). The number of amides is 3. The van der Waals surface area contributed by atoms with Crippen LogP contribution in [0.15, 0.2) is 30.3 Å². The molecule has 29 heavy (non-hydrogen) atoms. The zero-order valence-electron chi connectivity index (χ0n) is 16.0. The number of carbonyl (C=O) groups is 3. The van der Waals surface area contributed by atoms with Gasteiger partial charge in [-0.05, 0) is 43.4 Å². The first-order valence-electron chi connectivity index (χ1n) is 9.23. The quantitative estimate of drug-likeness (QED) is 0.617. The molecule has 9 nitrogen and oxygen atoms in total. The molecular formula is C19H23N5O4S. The number of rotatable bonds is 7. The first-order chi connectivity index (χ1) is 13.9. The number of nitrogens with zero attached hydrogens (tertiary/aromatic N) is 2. The molecule has 0 bridgehead atoms. The van der Waals surface area contributed by atoms with Crippen LogP contribution in [0.1, 0.15) is 39.9 Å². The van der Waals surface area contributed by atoms with Gasteiger partial charge in [0.15, 0.2) is 5.69 Å². The van der Waals surface area contributed by atoms with Crippen LogP contribution in [0.4, 0.5) is 11.4 Å². The Labute approximate surface area is 172 Å². The molecule has 0 aliphatic carbocycles. The Morgan fingerprint density at radius 1 is 1.34 bits per heavy atom. The maximum Gasteiger partial charge on any atom is 0.272 e. The number of para-hydroxylation sites is 1. The van der Waals surface area contributed by atoms with Crippen molar-refractivity contribution in [3.63, 3.8) is 0 Å². The largest absolute Gasteiger partial charge is 0.395 e. The van der Waals surface area contributed by atoms with Gasteiger partial charge < -0.3 is 21.5 Å². The molecule has 2 heterocycles. The number of aromatic nitrogens is 1. The number of hydrogen-bond donors (Lipinski definition) is 3. The van der Waals surface area contributed by atoms with E-state index in [1.165, 1.54) is 4.90 Å². The highest BCUT2D eigenvalue weighted by molar-refractivity contribution is 7.09. The molecular weight excluding hydrogens is 394 g/mol. The van der Waals surface area contributed by atoms with Crippen molar-refractivity contribution >= 4 is 40.6 Å². The van der Waals surface area contributed by atoms with Gasteiger partial charge in [-0.25, -0.2) is 0 Å². The third-order valence-corrected chi connectivity index (χ3v) is 5.55. The van der Waals surface area contributed by atoms with E-state index in [0.717, 1.165) is 24.4 Å². The van der Waals surface area contributed by atoms with Crippen LogP contribution in [0.2, 0.25) is 0 Å². The number of benzene rings is 1. The topological polar surface area (TPSA) is 141 Å². The average molecular weight is 417 g/mol. The average Bonchev–Trinajstić information content (AvgIpc) is 3.36.